The molecule has 0 saturated carbocycles. The van der Waals surface area contributed by atoms with Crippen LogP contribution in [0.15, 0.2) is 48.5 Å². The summed E-state index contributed by atoms with van der Waals surface area (Å²) in [6.45, 7) is 6.06. The van der Waals surface area contributed by atoms with Crippen molar-refractivity contribution in [1.82, 2.24) is 4.90 Å². The highest BCUT2D eigenvalue weighted by Crippen LogP contribution is 2.33. The molecule has 1 atom stereocenters. The molecule has 2 aliphatic heterocycles. The average Bonchev–Trinajstić information content (AvgIpc) is 2.85. The van der Waals surface area contributed by atoms with Crippen molar-refractivity contribution in [2.24, 2.45) is 0 Å². The number of nitrogens with zero attached hydrogens (tertiary/aromatic N) is 2. The minimum Gasteiger partial charge on any atom is -0.477 e. The van der Waals surface area contributed by atoms with Gasteiger partial charge in [-0.25, -0.2) is 0 Å². The SMILES string of the molecule is CC.CNc1cccc(NC(=O)CN2CC(C(=O)N3CCCCC3)Oc3ccccc32)c1. The predicted molar refractivity (Wildman–Crippen MR) is 129 cm³/mol. The summed E-state index contributed by atoms with van der Waals surface area (Å²) in [5.74, 6) is 0.518. The molecule has 0 radical (unpaired) electrons. The molecule has 1 unspecified atom stereocenters. The molecule has 32 heavy (non-hydrogen) atoms. The van der Waals surface area contributed by atoms with E-state index in [9.17, 15) is 9.59 Å². The minimum atomic E-state index is -0.599. The highest BCUT2D eigenvalue weighted by atomic mass is 16.5. The first kappa shape index (κ1) is 23.4. The lowest BCUT2D eigenvalue weighted by atomic mass is 10.1. The zero-order chi connectivity index (χ0) is 22.9. The number of hydrogen-bond acceptors (Lipinski definition) is 5. The van der Waals surface area contributed by atoms with Gasteiger partial charge in [0.15, 0.2) is 6.10 Å². The third kappa shape index (κ3) is 5.72. The lowest BCUT2D eigenvalue weighted by Crippen LogP contribution is -2.52. The second-order valence-corrected chi connectivity index (χ2v) is 7.72. The number of ether oxygens (including phenoxy) is 1. The fourth-order valence-electron chi connectivity index (χ4n) is 4.03. The Bertz CT molecular complexity index is 912. The second-order valence-electron chi connectivity index (χ2n) is 7.72. The quantitative estimate of drug-likeness (QED) is 0.739. The third-order valence-electron chi connectivity index (χ3n) is 5.57. The van der Waals surface area contributed by atoms with Crippen LogP contribution < -0.4 is 20.3 Å². The summed E-state index contributed by atoms with van der Waals surface area (Å²) in [7, 11) is 1.84. The Kier molecular flexibility index (Phi) is 8.36. The van der Waals surface area contributed by atoms with Crippen LogP contribution in [0, 0.1) is 0 Å². The number of rotatable bonds is 5. The molecule has 172 valence electrons. The smallest absolute Gasteiger partial charge is 0.265 e. The van der Waals surface area contributed by atoms with Gasteiger partial charge in [-0.1, -0.05) is 32.0 Å². The van der Waals surface area contributed by atoms with E-state index >= 15 is 0 Å². The van der Waals surface area contributed by atoms with Crippen LogP contribution in [0.5, 0.6) is 5.75 Å². The molecule has 7 nitrogen and oxygen atoms in total. The van der Waals surface area contributed by atoms with Crippen molar-refractivity contribution < 1.29 is 14.3 Å². The zero-order valence-corrected chi connectivity index (χ0v) is 19.3. The topological polar surface area (TPSA) is 73.9 Å². The highest BCUT2D eigenvalue weighted by molar-refractivity contribution is 5.95. The van der Waals surface area contributed by atoms with Crippen molar-refractivity contribution in [3.8, 4) is 5.75 Å². The van der Waals surface area contributed by atoms with Gasteiger partial charge in [0.25, 0.3) is 5.91 Å². The summed E-state index contributed by atoms with van der Waals surface area (Å²) in [6, 6.07) is 15.1. The van der Waals surface area contributed by atoms with E-state index in [-0.39, 0.29) is 18.4 Å². The van der Waals surface area contributed by atoms with Gasteiger partial charge >= 0.3 is 0 Å². The number of amides is 2. The number of benzene rings is 2. The van der Waals surface area contributed by atoms with Crippen LogP contribution in [0.2, 0.25) is 0 Å². The van der Waals surface area contributed by atoms with Crippen molar-refractivity contribution in [2.75, 3.05) is 48.8 Å². The molecule has 0 bridgehead atoms. The molecule has 2 N–H and O–H groups in total. The number of para-hydroxylation sites is 2. The molecular formula is C25H34N4O3. The normalized spacial score (nSPS) is 17.3. The summed E-state index contributed by atoms with van der Waals surface area (Å²) in [4.78, 5) is 29.6. The van der Waals surface area contributed by atoms with Crippen LogP contribution in [0.3, 0.4) is 0 Å². The summed E-state index contributed by atoms with van der Waals surface area (Å²) in [6.07, 6.45) is 2.64. The highest BCUT2D eigenvalue weighted by Gasteiger charge is 2.34. The maximum atomic E-state index is 13.0. The lowest BCUT2D eigenvalue weighted by Gasteiger charge is -2.38. The van der Waals surface area contributed by atoms with Crippen LogP contribution in [-0.4, -0.2) is 56.0 Å². The summed E-state index contributed by atoms with van der Waals surface area (Å²) in [5.41, 5.74) is 2.49. The van der Waals surface area contributed by atoms with E-state index < -0.39 is 6.10 Å². The van der Waals surface area contributed by atoms with E-state index in [1.807, 2.05) is 79.2 Å². The number of piperidine rings is 1. The van der Waals surface area contributed by atoms with E-state index in [1.165, 1.54) is 6.42 Å². The van der Waals surface area contributed by atoms with E-state index in [0.29, 0.717) is 12.3 Å². The maximum Gasteiger partial charge on any atom is 0.265 e. The third-order valence-corrected chi connectivity index (χ3v) is 5.57. The number of anilines is 3. The maximum absolute atomic E-state index is 13.0. The summed E-state index contributed by atoms with van der Waals surface area (Å²) in [5, 5.41) is 6.01. The lowest BCUT2D eigenvalue weighted by molar-refractivity contribution is -0.139. The predicted octanol–water partition coefficient (Wildman–Crippen LogP) is 3.97. The van der Waals surface area contributed by atoms with Gasteiger partial charge in [-0.15, -0.1) is 0 Å². The molecule has 2 aromatic carbocycles. The summed E-state index contributed by atoms with van der Waals surface area (Å²) < 4.78 is 6.03. The van der Waals surface area contributed by atoms with Gasteiger partial charge in [0.1, 0.15) is 5.75 Å². The Balaban J connectivity index is 0.00000141. The number of carbonyl (C=O) groups is 2. The van der Waals surface area contributed by atoms with Gasteiger partial charge in [-0.2, -0.15) is 0 Å². The zero-order valence-electron chi connectivity index (χ0n) is 19.3. The molecule has 1 saturated heterocycles. The van der Waals surface area contributed by atoms with Crippen LogP contribution in [0.25, 0.3) is 0 Å². The van der Waals surface area contributed by atoms with Crippen LogP contribution in [0.4, 0.5) is 17.1 Å². The number of nitrogens with one attached hydrogen (secondary N) is 2. The standard InChI is InChI=1S/C23H28N4O3.C2H6/c1-24-17-8-7-9-18(14-17)25-22(28)16-27-15-21(23(29)26-12-5-2-6-13-26)30-20-11-4-3-10-19(20)27;1-2/h3-4,7-11,14,21,24H,2,5-6,12-13,15-16H2,1H3,(H,25,28);1-2H3. The van der Waals surface area contributed by atoms with Crippen molar-refractivity contribution in [1.29, 1.82) is 0 Å². The average molecular weight is 439 g/mol. The second kappa shape index (κ2) is 11.4. The molecule has 0 aliphatic carbocycles. The molecule has 0 aromatic heterocycles. The van der Waals surface area contributed by atoms with E-state index in [1.54, 1.807) is 0 Å². The molecule has 2 amide bonds. The number of carbonyl (C=O) groups excluding carboxylic acids is 2. The molecule has 2 aromatic rings. The fourth-order valence-corrected chi connectivity index (χ4v) is 4.03. The first-order valence-corrected chi connectivity index (χ1v) is 11.5. The van der Waals surface area contributed by atoms with Gasteiger partial charge < -0.3 is 25.2 Å². The Morgan fingerprint density at radius 3 is 2.47 bits per heavy atom. The van der Waals surface area contributed by atoms with Gasteiger partial charge in [0.05, 0.1) is 18.8 Å². The largest absolute Gasteiger partial charge is 0.477 e. The molecule has 0 spiro atoms. The first-order chi connectivity index (χ1) is 15.6. The molecule has 1 fully saturated rings. The number of fused-ring (bicyclic) bond motifs is 1. The van der Waals surface area contributed by atoms with E-state index in [4.69, 9.17) is 4.74 Å². The van der Waals surface area contributed by atoms with Crippen molar-refractivity contribution >= 4 is 28.9 Å². The molecular weight excluding hydrogens is 404 g/mol. The van der Waals surface area contributed by atoms with Crippen LogP contribution in [0.1, 0.15) is 33.1 Å². The van der Waals surface area contributed by atoms with E-state index in [0.717, 1.165) is 43.0 Å². The van der Waals surface area contributed by atoms with Crippen LogP contribution >= 0.6 is 0 Å². The van der Waals surface area contributed by atoms with Gasteiger partial charge in [0, 0.05) is 31.5 Å². The van der Waals surface area contributed by atoms with Gasteiger partial charge in [-0.3, -0.25) is 9.59 Å². The Labute approximate surface area is 190 Å². The fraction of sp³-hybridized carbons (Fsp3) is 0.440. The van der Waals surface area contributed by atoms with Gasteiger partial charge in [-0.05, 0) is 49.6 Å². The first-order valence-electron chi connectivity index (χ1n) is 11.5. The van der Waals surface area contributed by atoms with Crippen LogP contribution in [-0.2, 0) is 9.59 Å². The van der Waals surface area contributed by atoms with Crippen molar-refractivity contribution in [2.45, 2.75) is 39.2 Å². The van der Waals surface area contributed by atoms with Crippen molar-refractivity contribution in [3.63, 3.8) is 0 Å². The summed E-state index contributed by atoms with van der Waals surface area (Å²) >= 11 is 0. The van der Waals surface area contributed by atoms with Crippen molar-refractivity contribution in [3.05, 3.63) is 48.5 Å². The number of likely N-dealkylation sites (tertiary alicyclic amines) is 1. The van der Waals surface area contributed by atoms with Gasteiger partial charge in [0.2, 0.25) is 5.91 Å². The Morgan fingerprint density at radius 2 is 1.72 bits per heavy atom. The molecule has 2 heterocycles. The Hall–Kier alpha value is -3.22. The van der Waals surface area contributed by atoms with E-state index in [2.05, 4.69) is 10.6 Å². The molecule has 7 heteroatoms. The molecule has 4 rings (SSSR count). The Morgan fingerprint density at radius 1 is 1.00 bits per heavy atom. The number of hydrogen-bond donors (Lipinski definition) is 2. The minimum absolute atomic E-state index is 0.0105. The monoisotopic (exact) mass is 438 g/mol. The molecule has 2 aliphatic rings.